The molecule has 0 bridgehead atoms. The van der Waals surface area contributed by atoms with Crippen molar-refractivity contribution in [3.63, 3.8) is 0 Å². The Labute approximate surface area is 111 Å². The molecule has 2 aromatic carbocycles. The Balaban J connectivity index is 1.90. The fourth-order valence-electron chi connectivity index (χ4n) is 2.10. The van der Waals surface area contributed by atoms with Gasteiger partial charge in [-0.3, -0.25) is 4.79 Å². The molecule has 3 nitrogen and oxygen atoms in total. The molecule has 0 saturated heterocycles. The number of fused-ring (bicyclic) bond motifs is 1. The molecule has 0 saturated carbocycles. The molecule has 0 atom stereocenters. The van der Waals surface area contributed by atoms with E-state index in [1.165, 1.54) is 5.56 Å². The highest BCUT2D eigenvalue weighted by Crippen LogP contribution is 2.33. The minimum atomic E-state index is 0.000882. The number of hydrogen-bond donors (Lipinski definition) is 0. The van der Waals surface area contributed by atoms with Crippen LogP contribution in [0, 0.1) is 0 Å². The van der Waals surface area contributed by atoms with Crippen LogP contribution in [-0.4, -0.2) is 12.6 Å². The van der Waals surface area contributed by atoms with Crippen molar-refractivity contribution in [2.24, 2.45) is 0 Å². The molecule has 19 heavy (non-hydrogen) atoms. The molecular formula is C16H14O3. The Morgan fingerprint density at radius 3 is 2.42 bits per heavy atom. The molecule has 0 N–H and O–H groups in total. The molecule has 0 amide bonds. The number of carbonyl (C=O) groups excluding carboxylic acids is 1. The molecule has 0 aliphatic carbocycles. The van der Waals surface area contributed by atoms with Gasteiger partial charge in [-0.15, -0.1) is 0 Å². The van der Waals surface area contributed by atoms with Crippen molar-refractivity contribution < 1.29 is 14.3 Å². The predicted molar refractivity (Wildman–Crippen MR) is 71.8 cm³/mol. The van der Waals surface area contributed by atoms with Gasteiger partial charge < -0.3 is 9.47 Å². The van der Waals surface area contributed by atoms with Gasteiger partial charge in [0.2, 0.25) is 6.79 Å². The maximum absolute atomic E-state index is 12.3. The van der Waals surface area contributed by atoms with Crippen molar-refractivity contribution in [2.75, 3.05) is 6.79 Å². The van der Waals surface area contributed by atoms with Crippen LogP contribution in [0.2, 0.25) is 0 Å². The van der Waals surface area contributed by atoms with Gasteiger partial charge >= 0.3 is 0 Å². The van der Waals surface area contributed by atoms with E-state index in [2.05, 4.69) is 6.92 Å². The van der Waals surface area contributed by atoms with E-state index in [4.69, 9.17) is 9.47 Å². The summed E-state index contributed by atoms with van der Waals surface area (Å²) in [5.41, 5.74) is 2.53. The summed E-state index contributed by atoms with van der Waals surface area (Å²) in [4.78, 5) is 12.3. The Kier molecular flexibility index (Phi) is 2.95. The maximum Gasteiger partial charge on any atom is 0.231 e. The van der Waals surface area contributed by atoms with E-state index in [1.54, 1.807) is 18.2 Å². The topological polar surface area (TPSA) is 35.5 Å². The van der Waals surface area contributed by atoms with E-state index in [1.807, 2.05) is 24.3 Å². The second-order valence-corrected chi connectivity index (χ2v) is 4.45. The van der Waals surface area contributed by atoms with Gasteiger partial charge in [-0.2, -0.15) is 0 Å². The molecule has 0 spiro atoms. The largest absolute Gasteiger partial charge is 0.454 e. The lowest BCUT2D eigenvalue weighted by Crippen LogP contribution is -2.01. The van der Waals surface area contributed by atoms with Crippen molar-refractivity contribution in [3.05, 3.63) is 59.2 Å². The summed E-state index contributed by atoms with van der Waals surface area (Å²) in [6.45, 7) is 2.31. The van der Waals surface area contributed by atoms with Crippen LogP contribution in [0.15, 0.2) is 42.5 Å². The van der Waals surface area contributed by atoms with E-state index in [0.717, 1.165) is 6.42 Å². The number of aryl methyl sites for hydroxylation is 1. The average Bonchev–Trinajstić information content (AvgIpc) is 2.94. The molecule has 0 fully saturated rings. The lowest BCUT2D eigenvalue weighted by Gasteiger charge is -2.04. The molecule has 2 aromatic rings. The maximum atomic E-state index is 12.3. The third kappa shape index (κ3) is 2.19. The zero-order valence-corrected chi connectivity index (χ0v) is 10.7. The van der Waals surface area contributed by atoms with Crippen LogP contribution >= 0.6 is 0 Å². The van der Waals surface area contributed by atoms with Gasteiger partial charge in [0.1, 0.15) is 0 Å². The highest BCUT2D eigenvalue weighted by Gasteiger charge is 2.17. The number of ether oxygens (including phenoxy) is 2. The second-order valence-electron chi connectivity index (χ2n) is 4.45. The third-order valence-electron chi connectivity index (χ3n) is 3.26. The summed E-state index contributed by atoms with van der Waals surface area (Å²) in [5, 5.41) is 0. The van der Waals surface area contributed by atoms with E-state index >= 15 is 0 Å². The standard InChI is InChI=1S/C16H14O3/c1-2-11-3-5-12(6-4-11)16(17)13-7-8-14-15(9-13)19-10-18-14/h3-9H,2,10H2,1H3. The van der Waals surface area contributed by atoms with Crippen LogP contribution in [0.3, 0.4) is 0 Å². The predicted octanol–water partition coefficient (Wildman–Crippen LogP) is 3.21. The van der Waals surface area contributed by atoms with Crippen LogP contribution in [0.1, 0.15) is 28.4 Å². The minimum Gasteiger partial charge on any atom is -0.454 e. The fraction of sp³-hybridized carbons (Fsp3) is 0.188. The first-order valence-corrected chi connectivity index (χ1v) is 6.31. The van der Waals surface area contributed by atoms with Crippen molar-refractivity contribution in [1.82, 2.24) is 0 Å². The zero-order chi connectivity index (χ0) is 13.2. The molecule has 0 radical (unpaired) electrons. The minimum absolute atomic E-state index is 0.000882. The van der Waals surface area contributed by atoms with Gasteiger partial charge in [0.15, 0.2) is 17.3 Å². The van der Waals surface area contributed by atoms with Gasteiger partial charge in [-0.05, 0) is 30.2 Å². The van der Waals surface area contributed by atoms with Crippen molar-refractivity contribution >= 4 is 5.78 Å². The van der Waals surface area contributed by atoms with E-state index < -0.39 is 0 Å². The quantitative estimate of drug-likeness (QED) is 0.789. The van der Waals surface area contributed by atoms with Gasteiger partial charge in [0.25, 0.3) is 0 Å². The Morgan fingerprint density at radius 2 is 1.68 bits per heavy atom. The monoisotopic (exact) mass is 254 g/mol. The Bertz CT molecular complexity index is 614. The van der Waals surface area contributed by atoms with Gasteiger partial charge in [-0.1, -0.05) is 31.2 Å². The summed E-state index contributed by atoms with van der Waals surface area (Å²) < 4.78 is 10.5. The third-order valence-corrected chi connectivity index (χ3v) is 3.26. The van der Waals surface area contributed by atoms with Crippen LogP contribution in [0.5, 0.6) is 11.5 Å². The van der Waals surface area contributed by atoms with Crippen LogP contribution in [0.4, 0.5) is 0 Å². The van der Waals surface area contributed by atoms with Gasteiger partial charge in [0, 0.05) is 11.1 Å². The number of rotatable bonds is 3. The Hall–Kier alpha value is -2.29. The molecule has 96 valence electrons. The second kappa shape index (κ2) is 4.76. The lowest BCUT2D eigenvalue weighted by atomic mass is 10.0. The average molecular weight is 254 g/mol. The number of benzene rings is 2. The summed E-state index contributed by atoms with van der Waals surface area (Å²) in [7, 11) is 0. The molecule has 0 aromatic heterocycles. The van der Waals surface area contributed by atoms with Crippen LogP contribution in [-0.2, 0) is 6.42 Å². The summed E-state index contributed by atoms with van der Waals surface area (Å²) in [5.74, 6) is 1.33. The molecule has 1 aliphatic heterocycles. The molecule has 3 rings (SSSR count). The van der Waals surface area contributed by atoms with E-state index in [9.17, 15) is 4.79 Å². The number of carbonyl (C=O) groups is 1. The van der Waals surface area contributed by atoms with Crippen LogP contribution in [0.25, 0.3) is 0 Å². The van der Waals surface area contributed by atoms with Gasteiger partial charge in [-0.25, -0.2) is 0 Å². The summed E-state index contributed by atoms with van der Waals surface area (Å²) in [6, 6.07) is 13.0. The van der Waals surface area contributed by atoms with E-state index in [-0.39, 0.29) is 12.6 Å². The first kappa shape index (κ1) is 11.8. The fourth-order valence-corrected chi connectivity index (χ4v) is 2.10. The smallest absolute Gasteiger partial charge is 0.231 e. The molecule has 0 unspecified atom stereocenters. The van der Waals surface area contributed by atoms with E-state index in [0.29, 0.717) is 22.6 Å². The molecule has 1 aliphatic rings. The zero-order valence-electron chi connectivity index (χ0n) is 10.7. The summed E-state index contributed by atoms with van der Waals surface area (Å²) in [6.07, 6.45) is 0.971. The molecule has 1 heterocycles. The Morgan fingerprint density at radius 1 is 1.00 bits per heavy atom. The first-order chi connectivity index (χ1) is 9.28. The highest BCUT2D eigenvalue weighted by atomic mass is 16.7. The number of ketones is 1. The normalized spacial score (nSPS) is 12.5. The lowest BCUT2D eigenvalue weighted by molar-refractivity contribution is 0.103. The van der Waals surface area contributed by atoms with Crippen molar-refractivity contribution in [2.45, 2.75) is 13.3 Å². The highest BCUT2D eigenvalue weighted by molar-refractivity contribution is 6.09. The first-order valence-electron chi connectivity index (χ1n) is 6.31. The molecular weight excluding hydrogens is 240 g/mol. The SMILES string of the molecule is CCc1ccc(C(=O)c2ccc3c(c2)OCO3)cc1. The van der Waals surface area contributed by atoms with Gasteiger partial charge in [0.05, 0.1) is 0 Å². The van der Waals surface area contributed by atoms with Crippen molar-refractivity contribution in [3.8, 4) is 11.5 Å². The number of hydrogen-bond acceptors (Lipinski definition) is 3. The molecule has 3 heteroatoms. The summed E-state index contributed by atoms with van der Waals surface area (Å²) >= 11 is 0. The van der Waals surface area contributed by atoms with Crippen molar-refractivity contribution in [1.29, 1.82) is 0 Å². The van der Waals surface area contributed by atoms with Crippen LogP contribution < -0.4 is 9.47 Å².